The van der Waals surface area contributed by atoms with Gasteiger partial charge in [0.05, 0.1) is 21.6 Å². The van der Waals surface area contributed by atoms with Crippen LogP contribution in [0.25, 0.3) is 64.0 Å². The van der Waals surface area contributed by atoms with Gasteiger partial charge >= 0.3 is 0 Å². The predicted molar refractivity (Wildman–Crippen MR) is 218 cm³/mol. The van der Waals surface area contributed by atoms with E-state index in [0.717, 1.165) is 60.7 Å². The van der Waals surface area contributed by atoms with Crippen molar-refractivity contribution in [3.05, 3.63) is 163 Å². The van der Waals surface area contributed by atoms with Crippen molar-refractivity contribution in [2.75, 3.05) is 4.90 Å². The molecule has 11 rings (SSSR count). The molecule has 7 aromatic carbocycles. The lowest BCUT2D eigenvalue weighted by molar-refractivity contribution is 0.669. The van der Waals surface area contributed by atoms with Gasteiger partial charge in [0.25, 0.3) is 0 Å². The fourth-order valence-corrected chi connectivity index (χ4v) is 10.5. The van der Waals surface area contributed by atoms with Crippen molar-refractivity contribution in [1.29, 1.82) is 0 Å². The maximum atomic E-state index is 6.60. The Bertz CT molecular complexity index is 2940. The van der Waals surface area contributed by atoms with E-state index in [1.807, 2.05) is 23.5 Å². The highest BCUT2D eigenvalue weighted by atomic mass is 32.2. The maximum Gasteiger partial charge on any atom is 0.137 e. The molecule has 0 spiro atoms. The quantitative estimate of drug-likeness (QED) is 0.182. The van der Waals surface area contributed by atoms with Crippen LogP contribution in [-0.2, 0) is 0 Å². The molecule has 2 aliphatic rings. The number of thioether (sulfide) groups is 1. The van der Waals surface area contributed by atoms with Crippen molar-refractivity contribution in [3.63, 3.8) is 0 Å². The SMILES string of the molecule is C=C1C=C(c2ccc3c(c2)N(c2ccc4c(c2)oc2ccc5ccccc5c24)c2cc(-c4nc5ccccc5s4)ccc2S3)Sc2ccccc21. The van der Waals surface area contributed by atoms with Crippen LogP contribution in [0.15, 0.2) is 171 Å². The van der Waals surface area contributed by atoms with Gasteiger partial charge < -0.3 is 9.32 Å². The summed E-state index contributed by atoms with van der Waals surface area (Å²) in [5.74, 6) is 0. The van der Waals surface area contributed by atoms with Crippen LogP contribution >= 0.6 is 34.9 Å². The first-order chi connectivity index (χ1) is 25.1. The van der Waals surface area contributed by atoms with Crippen LogP contribution in [0.4, 0.5) is 17.1 Å². The Balaban J connectivity index is 1.10. The van der Waals surface area contributed by atoms with E-state index in [-0.39, 0.29) is 0 Å². The van der Waals surface area contributed by atoms with Gasteiger partial charge in [-0.05, 0) is 94.2 Å². The number of fused-ring (bicyclic) bond motifs is 9. The Morgan fingerprint density at radius 2 is 1.39 bits per heavy atom. The van der Waals surface area contributed by atoms with Crippen LogP contribution < -0.4 is 4.90 Å². The van der Waals surface area contributed by atoms with Crippen LogP contribution in [0.2, 0.25) is 0 Å². The normalized spacial score (nSPS) is 13.8. The molecular formula is C45H26N2OS3. The second-order valence-electron chi connectivity index (χ2n) is 12.9. The molecule has 0 bridgehead atoms. The van der Waals surface area contributed by atoms with Gasteiger partial charge in [0.2, 0.25) is 0 Å². The molecule has 9 aromatic rings. The number of hydrogen-bond acceptors (Lipinski definition) is 6. The number of aromatic nitrogens is 1. The van der Waals surface area contributed by atoms with E-state index in [9.17, 15) is 0 Å². The summed E-state index contributed by atoms with van der Waals surface area (Å²) in [4.78, 5) is 12.3. The van der Waals surface area contributed by atoms with Gasteiger partial charge in [-0.1, -0.05) is 103 Å². The van der Waals surface area contributed by atoms with Crippen LogP contribution in [0, 0.1) is 0 Å². The Labute approximate surface area is 306 Å². The van der Waals surface area contributed by atoms with Crippen LogP contribution in [0.1, 0.15) is 11.1 Å². The number of rotatable bonds is 3. The van der Waals surface area contributed by atoms with E-state index >= 15 is 0 Å². The Morgan fingerprint density at radius 1 is 0.608 bits per heavy atom. The van der Waals surface area contributed by atoms with E-state index in [0.29, 0.717) is 0 Å². The van der Waals surface area contributed by atoms with Gasteiger partial charge in [-0.2, -0.15) is 0 Å². The fraction of sp³-hybridized carbons (Fsp3) is 0. The molecule has 2 aromatic heterocycles. The first kappa shape index (κ1) is 29.2. The molecule has 51 heavy (non-hydrogen) atoms. The van der Waals surface area contributed by atoms with Crippen LogP contribution in [0.3, 0.4) is 0 Å². The minimum atomic E-state index is 0.872. The number of benzene rings is 7. The van der Waals surface area contributed by atoms with E-state index in [1.54, 1.807) is 11.3 Å². The zero-order chi connectivity index (χ0) is 33.6. The zero-order valence-electron chi connectivity index (χ0n) is 27.1. The molecule has 6 heteroatoms. The lowest BCUT2D eigenvalue weighted by Gasteiger charge is -2.34. The Hall–Kier alpha value is -5.53. The van der Waals surface area contributed by atoms with Gasteiger partial charge in [0.15, 0.2) is 0 Å². The number of hydrogen-bond donors (Lipinski definition) is 0. The first-order valence-electron chi connectivity index (χ1n) is 16.8. The van der Waals surface area contributed by atoms with Crippen molar-refractivity contribution in [2.24, 2.45) is 0 Å². The van der Waals surface area contributed by atoms with Crippen molar-refractivity contribution >= 4 is 105 Å². The van der Waals surface area contributed by atoms with E-state index in [2.05, 4.69) is 157 Å². The average Bonchev–Trinajstić information content (AvgIpc) is 3.78. The summed E-state index contributed by atoms with van der Waals surface area (Å²) in [5, 5.41) is 5.71. The number of nitrogens with zero attached hydrogens (tertiary/aromatic N) is 2. The number of para-hydroxylation sites is 1. The molecule has 0 fully saturated rings. The highest BCUT2D eigenvalue weighted by Crippen LogP contribution is 2.55. The summed E-state index contributed by atoms with van der Waals surface area (Å²) in [5.41, 5.74) is 10.6. The molecule has 0 N–H and O–H groups in total. The van der Waals surface area contributed by atoms with Crippen molar-refractivity contribution in [1.82, 2.24) is 4.98 Å². The zero-order valence-corrected chi connectivity index (χ0v) is 29.5. The fourth-order valence-electron chi connectivity index (χ4n) is 7.39. The third kappa shape index (κ3) is 4.64. The van der Waals surface area contributed by atoms with Crippen molar-refractivity contribution < 1.29 is 4.42 Å². The third-order valence-corrected chi connectivity index (χ3v) is 13.2. The van der Waals surface area contributed by atoms with Crippen LogP contribution in [0.5, 0.6) is 0 Å². The second-order valence-corrected chi connectivity index (χ2v) is 16.1. The molecule has 0 saturated carbocycles. The maximum absolute atomic E-state index is 6.60. The minimum absolute atomic E-state index is 0.872. The lowest BCUT2D eigenvalue weighted by Crippen LogP contribution is -2.15. The molecule has 240 valence electrons. The number of anilines is 3. The highest BCUT2D eigenvalue weighted by Gasteiger charge is 2.28. The Morgan fingerprint density at radius 3 is 2.29 bits per heavy atom. The average molecular weight is 707 g/mol. The molecule has 0 radical (unpaired) electrons. The monoisotopic (exact) mass is 706 g/mol. The molecule has 0 unspecified atom stereocenters. The van der Waals surface area contributed by atoms with E-state index < -0.39 is 0 Å². The van der Waals surface area contributed by atoms with E-state index in [4.69, 9.17) is 9.40 Å². The number of allylic oxidation sites excluding steroid dienone is 2. The second kappa shape index (κ2) is 11.2. The van der Waals surface area contributed by atoms with Gasteiger partial charge in [0.1, 0.15) is 16.2 Å². The summed E-state index contributed by atoms with van der Waals surface area (Å²) in [6, 6.07) is 50.0. The summed E-state index contributed by atoms with van der Waals surface area (Å²) >= 11 is 5.36. The number of furan rings is 1. The predicted octanol–water partition coefficient (Wildman–Crippen LogP) is 14.1. The van der Waals surface area contributed by atoms with Crippen LogP contribution in [-0.4, -0.2) is 4.98 Å². The van der Waals surface area contributed by atoms with Crippen molar-refractivity contribution in [3.8, 4) is 10.6 Å². The molecule has 0 atom stereocenters. The highest BCUT2D eigenvalue weighted by molar-refractivity contribution is 8.08. The molecule has 0 aliphatic carbocycles. The summed E-state index contributed by atoms with van der Waals surface area (Å²) in [7, 11) is 0. The van der Waals surface area contributed by atoms with Gasteiger partial charge in [-0.15, -0.1) is 11.3 Å². The molecule has 0 amide bonds. The molecule has 2 aliphatic heterocycles. The Kier molecular flexibility index (Phi) is 6.44. The standard InChI is InChI=1S/C45H26N2OS3/c1-26-22-43(49-39-12-6-4-9-31(26)39)28-15-20-41-35(23-28)47(36-24-29(16-21-42(36)50-41)45-46-34-11-5-7-13-40(34)51-45)30-17-18-33-38(25-30)48-37-19-14-27-8-2-3-10-32(27)44(33)37/h2-25H,1H2. The summed E-state index contributed by atoms with van der Waals surface area (Å²) < 4.78 is 7.79. The first-order valence-corrected chi connectivity index (χ1v) is 19.2. The topological polar surface area (TPSA) is 29.3 Å². The van der Waals surface area contributed by atoms with Gasteiger partial charge in [-0.25, -0.2) is 4.98 Å². The largest absolute Gasteiger partial charge is 0.456 e. The molecular weight excluding hydrogens is 681 g/mol. The lowest BCUT2D eigenvalue weighted by atomic mass is 10.0. The van der Waals surface area contributed by atoms with E-state index in [1.165, 1.54) is 46.2 Å². The number of thiazole rings is 1. The smallest absolute Gasteiger partial charge is 0.137 e. The van der Waals surface area contributed by atoms with Gasteiger partial charge in [-0.3, -0.25) is 0 Å². The molecule has 0 saturated heterocycles. The summed E-state index contributed by atoms with van der Waals surface area (Å²) in [6.07, 6.45) is 2.22. The minimum Gasteiger partial charge on any atom is -0.456 e. The van der Waals surface area contributed by atoms with Gasteiger partial charge in [0, 0.05) is 47.7 Å². The third-order valence-electron chi connectivity index (χ3n) is 9.81. The van der Waals surface area contributed by atoms with Crippen molar-refractivity contribution in [2.45, 2.75) is 14.7 Å². The summed E-state index contributed by atoms with van der Waals surface area (Å²) in [6.45, 7) is 4.41. The molecule has 4 heterocycles. The molecule has 3 nitrogen and oxygen atoms in total.